The zero-order valence-corrected chi connectivity index (χ0v) is 18.7. The van der Waals surface area contributed by atoms with Crippen LogP contribution in [0.15, 0.2) is 34.1 Å². The summed E-state index contributed by atoms with van der Waals surface area (Å²) in [5, 5.41) is 3.01. The number of carbonyl (C=O) groups excluding carboxylic acids is 3. The Balaban J connectivity index is 1.46. The molecule has 1 N–H and O–H groups in total. The molecule has 0 bridgehead atoms. The van der Waals surface area contributed by atoms with E-state index < -0.39 is 6.04 Å². The molecule has 3 heterocycles. The minimum atomic E-state index is -0.766. The van der Waals surface area contributed by atoms with E-state index in [0.29, 0.717) is 63.6 Å². The highest BCUT2D eigenvalue weighted by Crippen LogP contribution is 2.36. The lowest BCUT2D eigenvalue weighted by Gasteiger charge is -2.31. The molecule has 1 aliphatic carbocycles. The van der Waals surface area contributed by atoms with Crippen molar-refractivity contribution in [3.8, 4) is 0 Å². The van der Waals surface area contributed by atoms with Crippen LogP contribution in [0.2, 0.25) is 0 Å². The third kappa shape index (κ3) is 4.87. The van der Waals surface area contributed by atoms with E-state index in [1.165, 1.54) is 4.90 Å². The minimum Gasteiger partial charge on any atom is -0.379 e. The molecule has 1 atom stereocenters. The van der Waals surface area contributed by atoms with E-state index in [9.17, 15) is 14.4 Å². The van der Waals surface area contributed by atoms with Gasteiger partial charge in [-0.3, -0.25) is 19.3 Å². The molecule has 0 aromatic heterocycles. The van der Waals surface area contributed by atoms with Crippen molar-refractivity contribution in [1.82, 2.24) is 10.2 Å². The Bertz CT molecular complexity index is 856. The van der Waals surface area contributed by atoms with E-state index in [1.54, 1.807) is 0 Å². The topological polar surface area (TPSA) is 94.2 Å². The van der Waals surface area contributed by atoms with Gasteiger partial charge < -0.3 is 19.5 Å². The van der Waals surface area contributed by atoms with Crippen LogP contribution in [0.1, 0.15) is 51.9 Å². The van der Waals surface area contributed by atoms with E-state index in [0.717, 1.165) is 48.9 Å². The van der Waals surface area contributed by atoms with Crippen molar-refractivity contribution in [2.24, 2.45) is 0 Å². The Morgan fingerprint density at radius 2 is 1.59 bits per heavy atom. The van der Waals surface area contributed by atoms with Crippen molar-refractivity contribution in [3.63, 3.8) is 0 Å². The molecule has 32 heavy (non-hydrogen) atoms. The van der Waals surface area contributed by atoms with Crippen molar-refractivity contribution >= 4 is 17.7 Å². The Hall–Kier alpha value is -2.29. The Morgan fingerprint density at radius 3 is 2.31 bits per heavy atom. The van der Waals surface area contributed by atoms with E-state index in [4.69, 9.17) is 14.2 Å². The van der Waals surface area contributed by atoms with Crippen molar-refractivity contribution in [3.05, 3.63) is 34.1 Å². The Labute approximate surface area is 188 Å². The van der Waals surface area contributed by atoms with Crippen molar-refractivity contribution in [2.45, 2.75) is 57.9 Å². The van der Waals surface area contributed by atoms with Gasteiger partial charge >= 0.3 is 0 Å². The minimum absolute atomic E-state index is 0.286. The standard InChI is InChI=1S/C24H32N2O6/c1-16-4-2-6-18-21(16)24(29)26(23(18)28)20-8-7-19(25-22(20)27)17-5-3-10-30-12-14-32-15-13-31-11-9-17/h6,20H,2-5,7-15H2,1H3,(H,25,27)/b19-17-. The van der Waals surface area contributed by atoms with Crippen LogP contribution in [0.25, 0.3) is 0 Å². The van der Waals surface area contributed by atoms with Crippen molar-refractivity contribution in [2.75, 3.05) is 39.6 Å². The number of imide groups is 1. The summed E-state index contributed by atoms with van der Waals surface area (Å²) in [4.78, 5) is 40.2. The first-order valence-corrected chi connectivity index (χ1v) is 11.6. The Kier molecular flexibility index (Phi) is 7.55. The van der Waals surface area contributed by atoms with Crippen LogP contribution in [-0.2, 0) is 28.6 Å². The zero-order chi connectivity index (χ0) is 22.5. The quantitative estimate of drug-likeness (QED) is 0.623. The second-order valence-corrected chi connectivity index (χ2v) is 8.61. The summed E-state index contributed by atoms with van der Waals surface area (Å²) in [7, 11) is 0. The van der Waals surface area contributed by atoms with Gasteiger partial charge in [-0.05, 0) is 57.4 Å². The fourth-order valence-electron chi connectivity index (χ4n) is 4.78. The SMILES string of the molecule is CC1=C2C(=O)N(C3CC/C(=C4\CCCOCCOCCOCC4)NC3=O)C(=O)C2=CCC1. The molecule has 3 fully saturated rings. The number of carbonyl (C=O) groups is 3. The first-order valence-electron chi connectivity index (χ1n) is 11.6. The van der Waals surface area contributed by atoms with Gasteiger partial charge in [0.05, 0.1) is 38.6 Å². The number of nitrogens with one attached hydrogen (secondary N) is 1. The number of hydrogen-bond donors (Lipinski definition) is 1. The summed E-state index contributed by atoms with van der Waals surface area (Å²) in [6.45, 7) is 5.29. The first kappa shape index (κ1) is 22.9. The molecular formula is C24H32N2O6. The summed E-state index contributed by atoms with van der Waals surface area (Å²) < 4.78 is 16.7. The number of amides is 3. The third-order valence-corrected chi connectivity index (χ3v) is 6.49. The zero-order valence-electron chi connectivity index (χ0n) is 18.7. The highest BCUT2D eigenvalue weighted by Gasteiger charge is 2.47. The normalized spacial score (nSPS) is 29.0. The van der Waals surface area contributed by atoms with E-state index in [1.807, 2.05) is 13.0 Å². The number of piperidine rings is 1. The van der Waals surface area contributed by atoms with Crippen LogP contribution in [0.3, 0.4) is 0 Å². The molecule has 3 saturated heterocycles. The lowest BCUT2D eigenvalue weighted by Crippen LogP contribution is -2.52. The summed E-state index contributed by atoms with van der Waals surface area (Å²) in [6.07, 6.45) is 6.79. The molecule has 4 rings (SSSR count). The van der Waals surface area contributed by atoms with Crippen LogP contribution in [-0.4, -0.2) is 68.3 Å². The maximum absolute atomic E-state index is 13.0. The summed E-state index contributed by atoms with van der Waals surface area (Å²) in [5.41, 5.74) is 3.93. The van der Waals surface area contributed by atoms with E-state index in [-0.39, 0.29) is 17.7 Å². The van der Waals surface area contributed by atoms with Gasteiger partial charge in [-0.2, -0.15) is 0 Å². The second kappa shape index (κ2) is 10.6. The molecule has 1 unspecified atom stereocenters. The van der Waals surface area contributed by atoms with Gasteiger partial charge in [-0.25, -0.2) is 0 Å². The van der Waals surface area contributed by atoms with E-state index in [2.05, 4.69) is 5.32 Å². The molecule has 0 aromatic carbocycles. The monoisotopic (exact) mass is 444 g/mol. The van der Waals surface area contributed by atoms with Gasteiger partial charge in [0, 0.05) is 17.9 Å². The predicted molar refractivity (Wildman–Crippen MR) is 116 cm³/mol. The van der Waals surface area contributed by atoms with Crippen LogP contribution < -0.4 is 5.32 Å². The lowest BCUT2D eigenvalue weighted by molar-refractivity contribution is -0.145. The molecule has 0 saturated carbocycles. The number of nitrogens with zero attached hydrogens (tertiary/aromatic N) is 1. The Morgan fingerprint density at radius 1 is 0.875 bits per heavy atom. The molecule has 4 aliphatic rings. The molecule has 0 spiro atoms. The highest BCUT2D eigenvalue weighted by molar-refractivity contribution is 6.26. The fraction of sp³-hybridized carbons (Fsp3) is 0.625. The largest absolute Gasteiger partial charge is 0.379 e. The molecule has 0 radical (unpaired) electrons. The molecule has 3 amide bonds. The number of allylic oxidation sites excluding steroid dienone is 3. The molecule has 174 valence electrons. The number of ether oxygens (including phenoxy) is 3. The number of rotatable bonds is 1. The number of fused-ring (bicyclic) bond motifs is 1. The number of hydrogen-bond acceptors (Lipinski definition) is 6. The molecule has 8 heteroatoms. The van der Waals surface area contributed by atoms with Crippen LogP contribution in [0.4, 0.5) is 0 Å². The average Bonchev–Trinajstić information content (AvgIpc) is 3.05. The van der Waals surface area contributed by atoms with Gasteiger partial charge in [-0.1, -0.05) is 11.6 Å². The molecular weight excluding hydrogens is 412 g/mol. The third-order valence-electron chi connectivity index (χ3n) is 6.49. The smallest absolute Gasteiger partial charge is 0.262 e. The fourth-order valence-corrected chi connectivity index (χ4v) is 4.78. The van der Waals surface area contributed by atoms with Crippen molar-refractivity contribution < 1.29 is 28.6 Å². The molecule has 3 aliphatic heterocycles. The second-order valence-electron chi connectivity index (χ2n) is 8.61. The summed E-state index contributed by atoms with van der Waals surface area (Å²) in [6, 6.07) is -0.766. The van der Waals surface area contributed by atoms with Gasteiger partial charge in [0.15, 0.2) is 0 Å². The average molecular weight is 445 g/mol. The molecule has 8 nitrogen and oxygen atoms in total. The molecule has 0 aromatic rings. The maximum Gasteiger partial charge on any atom is 0.262 e. The number of likely N-dealkylation sites (tertiary alicyclic amines) is 1. The first-order chi connectivity index (χ1) is 15.6. The van der Waals surface area contributed by atoms with Crippen LogP contribution in [0, 0.1) is 0 Å². The summed E-state index contributed by atoms with van der Waals surface area (Å²) in [5.74, 6) is -0.953. The predicted octanol–water partition coefficient (Wildman–Crippen LogP) is 2.16. The van der Waals surface area contributed by atoms with Crippen LogP contribution in [0.5, 0.6) is 0 Å². The van der Waals surface area contributed by atoms with E-state index >= 15 is 0 Å². The van der Waals surface area contributed by atoms with Gasteiger partial charge in [0.1, 0.15) is 6.04 Å². The van der Waals surface area contributed by atoms with Crippen molar-refractivity contribution in [1.29, 1.82) is 0 Å². The van der Waals surface area contributed by atoms with Gasteiger partial charge in [0.25, 0.3) is 11.8 Å². The highest BCUT2D eigenvalue weighted by atomic mass is 16.5. The maximum atomic E-state index is 13.0. The van der Waals surface area contributed by atoms with Gasteiger partial charge in [-0.15, -0.1) is 0 Å². The van der Waals surface area contributed by atoms with Gasteiger partial charge in [0.2, 0.25) is 5.91 Å². The summed E-state index contributed by atoms with van der Waals surface area (Å²) >= 11 is 0. The lowest BCUT2D eigenvalue weighted by atomic mass is 9.93. The van der Waals surface area contributed by atoms with Crippen LogP contribution >= 0.6 is 0 Å².